The number of benzene rings is 2. The first-order valence-electron chi connectivity index (χ1n) is 9.81. The average Bonchev–Trinajstić information content (AvgIpc) is 2.74. The second-order valence-electron chi connectivity index (χ2n) is 7.06. The molecule has 0 aromatic heterocycles. The van der Waals surface area contributed by atoms with E-state index in [4.69, 9.17) is 0 Å². The van der Waals surface area contributed by atoms with Crippen LogP contribution in [0.5, 0.6) is 0 Å². The minimum atomic E-state index is -0.210. The molecule has 0 atom stereocenters. The zero-order valence-corrected chi connectivity index (χ0v) is 16.3. The summed E-state index contributed by atoms with van der Waals surface area (Å²) in [4.78, 5) is 38.1. The Balaban J connectivity index is 1.34. The van der Waals surface area contributed by atoms with Gasteiger partial charge in [-0.15, -0.1) is 0 Å². The Bertz CT molecular complexity index is 818. The van der Waals surface area contributed by atoms with E-state index in [-0.39, 0.29) is 36.9 Å². The van der Waals surface area contributed by atoms with Gasteiger partial charge in [-0.05, 0) is 30.5 Å². The summed E-state index contributed by atoms with van der Waals surface area (Å²) in [5.41, 5.74) is 1.67. The molecular formula is C22H26N4O3. The fourth-order valence-corrected chi connectivity index (χ4v) is 3.25. The van der Waals surface area contributed by atoms with Crippen molar-refractivity contribution in [2.45, 2.75) is 25.3 Å². The Morgan fingerprint density at radius 3 is 2.14 bits per heavy atom. The second-order valence-corrected chi connectivity index (χ2v) is 7.06. The number of nitrogens with one attached hydrogen (secondary N) is 3. The summed E-state index contributed by atoms with van der Waals surface area (Å²) in [6.07, 6.45) is 1.63. The van der Waals surface area contributed by atoms with Gasteiger partial charge in [0.2, 0.25) is 11.8 Å². The van der Waals surface area contributed by atoms with E-state index in [1.807, 2.05) is 60.7 Å². The molecule has 1 aliphatic rings. The number of amides is 4. The van der Waals surface area contributed by atoms with Crippen LogP contribution in [0.4, 0.5) is 10.5 Å². The van der Waals surface area contributed by atoms with Gasteiger partial charge in [0, 0.05) is 24.8 Å². The molecule has 3 rings (SSSR count). The molecule has 2 aromatic carbocycles. The van der Waals surface area contributed by atoms with Crippen molar-refractivity contribution in [1.82, 2.24) is 15.5 Å². The summed E-state index contributed by atoms with van der Waals surface area (Å²) in [5, 5.41) is 8.46. The van der Waals surface area contributed by atoms with Crippen LogP contribution in [0.2, 0.25) is 0 Å². The molecule has 0 saturated carbocycles. The smallest absolute Gasteiger partial charge is 0.321 e. The lowest BCUT2D eigenvalue weighted by molar-refractivity contribution is -0.126. The molecule has 0 bridgehead atoms. The molecule has 1 fully saturated rings. The summed E-state index contributed by atoms with van der Waals surface area (Å²) in [5.74, 6) is -0.391. The maximum absolute atomic E-state index is 12.3. The highest BCUT2D eigenvalue weighted by Crippen LogP contribution is 2.13. The second kappa shape index (κ2) is 10.3. The zero-order valence-electron chi connectivity index (χ0n) is 16.3. The monoisotopic (exact) mass is 394 g/mol. The highest BCUT2D eigenvalue weighted by molar-refractivity contribution is 5.89. The molecule has 4 amide bonds. The number of hydrogen-bond donors (Lipinski definition) is 3. The van der Waals surface area contributed by atoms with E-state index in [0.717, 1.165) is 11.3 Å². The van der Waals surface area contributed by atoms with Gasteiger partial charge in [0.1, 0.15) is 0 Å². The summed E-state index contributed by atoms with van der Waals surface area (Å²) >= 11 is 0. The molecular weight excluding hydrogens is 368 g/mol. The van der Waals surface area contributed by atoms with Crippen molar-refractivity contribution in [3.8, 4) is 0 Å². The fourth-order valence-electron chi connectivity index (χ4n) is 3.25. The van der Waals surface area contributed by atoms with Crippen LogP contribution in [0.1, 0.15) is 18.4 Å². The number of anilines is 1. The fraction of sp³-hybridized carbons (Fsp3) is 0.318. The number of para-hydroxylation sites is 1. The van der Waals surface area contributed by atoms with Crippen molar-refractivity contribution in [1.29, 1.82) is 0 Å². The van der Waals surface area contributed by atoms with E-state index >= 15 is 0 Å². The third-order valence-electron chi connectivity index (χ3n) is 4.83. The largest absolute Gasteiger partial charge is 0.352 e. The van der Waals surface area contributed by atoms with Crippen molar-refractivity contribution < 1.29 is 14.4 Å². The van der Waals surface area contributed by atoms with Crippen molar-refractivity contribution in [2.24, 2.45) is 0 Å². The summed E-state index contributed by atoms with van der Waals surface area (Å²) in [6.45, 7) is 1.11. The van der Waals surface area contributed by atoms with Crippen LogP contribution >= 0.6 is 0 Å². The van der Waals surface area contributed by atoms with E-state index in [1.54, 1.807) is 4.90 Å². The molecule has 7 nitrogen and oxygen atoms in total. The first-order chi connectivity index (χ1) is 14.1. The lowest BCUT2D eigenvalue weighted by Gasteiger charge is -2.32. The number of nitrogens with zero attached hydrogens (tertiary/aromatic N) is 1. The maximum atomic E-state index is 12.3. The van der Waals surface area contributed by atoms with Crippen molar-refractivity contribution >= 4 is 23.5 Å². The molecule has 0 aliphatic carbocycles. The van der Waals surface area contributed by atoms with Crippen molar-refractivity contribution in [2.75, 3.05) is 25.0 Å². The molecule has 1 aliphatic heterocycles. The molecule has 152 valence electrons. The normalized spacial score (nSPS) is 14.1. The Morgan fingerprint density at radius 1 is 0.862 bits per heavy atom. The lowest BCUT2D eigenvalue weighted by Crippen LogP contribution is -2.49. The van der Waals surface area contributed by atoms with E-state index < -0.39 is 0 Å². The third-order valence-corrected chi connectivity index (χ3v) is 4.83. The molecule has 1 saturated heterocycles. The van der Waals surface area contributed by atoms with Gasteiger partial charge in [-0.25, -0.2) is 4.79 Å². The topological polar surface area (TPSA) is 90.5 Å². The first kappa shape index (κ1) is 20.4. The van der Waals surface area contributed by atoms with Crippen LogP contribution in [0.25, 0.3) is 0 Å². The van der Waals surface area contributed by atoms with E-state index in [1.165, 1.54) is 0 Å². The standard InChI is InChI=1S/C22H26N4O3/c27-20(15-17-7-3-1-4-8-17)23-16-21(28)24-19-11-13-26(14-12-19)22(29)25-18-9-5-2-6-10-18/h1-10,19H,11-16H2,(H,23,27)(H,24,28)(H,25,29). The number of piperidine rings is 1. The minimum Gasteiger partial charge on any atom is -0.352 e. The molecule has 3 N–H and O–H groups in total. The van der Waals surface area contributed by atoms with Crippen LogP contribution in [0, 0.1) is 0 Å². The Kier molecular flexibility index (Phi) is 7.22. The molecule has 0 spiro atoms. The van der Waals surface area contributed by atoms with Crippen LogP contribution < -0.4 is 16.0 Å². The van der Waals surface area contributed by atoms with Crippen molar-refractivity contribution in [3.05, 3.63) is 66.2 Å². The van der Waals surface area contributed by atoms with Crippen LogP contribution in [-0.2, 0) is 16.0 Å². The third kappa shape index (κ3) is 6.64. The van der Waals surface area contributed by atoms with Gasteiger partial charge in [-0.1, -0.05) is 48.5 Å². The number of rotatable bonds is 6. The number of urea groups is 1. The van der Waals surface area contributed by atoms with Gasteiger partial charge < -0.3 is 20.9 Å². The number of hydrogen-bond acceptors (Lipinski definition) is 3. The Labute approximate surface area is 170 Å². The summed E-state index contributed by atoms with van der Waals surface area (Å²) in [6, 6.07) is 18.6. The van der Waals surface area contributed by atoms with E-state index in [9.17, 15) is 14.4 Å². The van der Waals surface area contributed by atoms with Gasteiger partial charge in [0.25, 0.3) is 0 Å². The average molecular weight is 394 g/mol. The zero-order chi connectivity index (χ0) is 20.5. The van der Waals surface area contributed by atoms with Crippen LogP contribution in [-0.4, -0.2) is 48.4 Å². The van der Waals surface area contributed by atoms with E-state index in [0.29, 0.717) is 25.9 Å². The van der Waals surface area contributed by atoms with Gasteiger partial charge in [0.15, 0.2) is 0 Å². The number of carbonyl (C=O) groups excluding carboxylic acids is 3. The first-order valence-corrected chi connectivity index (χ1v) is 9.81. The van der Waals surface area contributed by atoms with Gasteiger partial charge in [0.05, 0.1) is 13.0 Å². The minimum absolute atomic E-state index is 0.00861. The quantitative estimate of drug-likeness (QED) is 0.701. The van der Waals surface area contributed by atoms with Gasteiger partial charge >= 0.3 is 6.03 Å². The lowest BCUT2D eigenvalue weighted by atomic mass is 10.1. The molecule has 1 heterocycles. The Morgan fingerprint density at radius 2 is 1.48 bits per heavy atom. The van der Waals surface area contributed by atoms with Crippen LogP contribution in [0.3, 0.4) is 0 Å². The molecule has 0 radical (unpaired) electrons. The number of carbonyl (C=O) groups is 3. The maximum Gasteiger partial charge on any atom is 0.321 e. The molecule has 2 aromatic rings. The van der Waals surface area contributed by atoms with Gasteiger partial charge in [-0.2, -0.15) is 0 Å². The predicted octanol–water partition coefficient (Wildman–Crippen LogP) is 2.16. The molecule has 0 unspecified atom stereocenters. The highest BCUT2D eigenvalue weighted by Gasteiger charge is 2.24. The van der Waals surface area contributed by atoms with Gasteiger partial charge in [-0.3, -0.25) is 9.59 Å². The van der Waals surface area contributed by atoms with Crippen LogP contribution in [0.15, 0.2) is 60.7 Å². The highest BCUT2D eigenvalue weighted by atomic mass is 16.2. The summed E-state index contributed by atoms with van der Waals surface area (Å²) in [7, 11) is 0. The molecule has 29 heavy (non-hydrogen) atoms. The summed E-state index contributed by atoms with van der Waals surface area (Å²) < 4.78 is 0. The predicted molar refractivity (Wildman–Crippen MR) is 111 cm³/mol. The SMILES string of the molecule is O=C(Cc1ccccc1)NCC(=O)NC1CCN(C(=O)Nc2ccccc2)CC1. The number of likely N-dealkylation sites (tertiary alicyclic amines) is 1. The van der Waals surface area contributed by atoms with E-state index in [2.05, 4.69) is 16.0 Å². The van der Waals surface area contributed by atoms with Crippen molar-refractivity contribution in [3.63, 3.8) is 0 Å². The molecule has 7 heteroatoms. The Hall–Kier alpha value is -3.35.